The largest absolute Gasteiger partial charge is 0.399 e. The lowest BCUT2D eigenvalue weighted by Gasteiger charge is -2.22. The minimum Gasteiger partial charge on any atom is -0.399 e. The first-order chi connectivity index (χ1) is 10.0. The number of carbonyl (C=O) groups excluding carboxylic acids is 1. The van der Waals surface area contributed by atoms with Gasteiger partial charge in [0.2, 0.25) is 0 Å². The molecule has 1 aromatic carbocycles. The standard InChI is InChI=1S/C16H20N4O/c1-11-15(10-19(2)18-11)16(21)20(14-7-8-14)9-12-3-5-13(17)6-4-12/h3-6,10,14H,7-9,17H2,1-2H3. The van der Waals surface area contributed by atoms with E-state index in [0.717, 1.165) is 29.8 Å². The predicted octanol–water partition coefficient (Wildman–Crippen LogP) is 2.12. The summed E-state index contributed by atoms with van der Waals surface area (Å²) in [7, 11) is 1.84. The van der Waals surface area contributed by atoms with E-state index in [-0.39, 0.29) is 5.91 Å². The maximum atomic E-state index is 12.8. The van der Waals surface area contributed by atoms with Crippen LogP contribution in [0, 0.1) is 6.92 Å². The Morgan fingerprint density at radius 1 is 1.38 bits per heavy atom. The molecule has 0 bridgehead atoms. The highest BCUT2D eigenvalue weighted by Gasteiger charge is 2.34. The quantitative estimate of drug-likeness (QED) is 0.875. The molecule has 0 atom stereocenters. The van der Waals surface area contributed by atoms with E-state index in [0.29, 0.717) is 18.2 Å². The maximum absolute atomic E-state index is 12.8. The highest BCUT2D eigenvalue weighted by atomic mass is 16.2. The number of nitrogens with two attached hydrogens (primary N) is 1. The van der Waals surface area contributed by atoms with Crippen LogP contribution in [0.2, 0.25) is 0 Å². The zero-order valence-corrected chi connectivity index (χ0v) is 12.4. The van der Waals surface area contributed by atoms with Crippen molar-refractivity contribution in [3.63, 3.8) is 0 Å². The third-order valence-corrected chi connectivity index (χ3v) is 3.83. The summed E-state index contributed by atoms with van der Waals surface area (Å²) in [4.78, 5) is 14.7. The first-order valence-corrected chi connectivity index (χ1v) is 7.20. The molecule has 0 spiro atoms. The molecular formula is C16H20N4O. The molecule has 5 heteroatoms. The van der Waals surface area contributed by atoms with Gasteiger partial charge < -0.3 is 10.6 Å². The minimum absolute atomic E-state index is 0.0694. The van der Waals surface area contributed by atoms with Crippen molar-refractivity contribution in [1.29, 1.82) is 0 Å². The van der Waals surface area contributed by atoms with Crippen molar-refractivity contribution >= 4 is 11.6 Å². The van der Waals surface area contributed by atoms with E-state index in [9.17, 15) is 4.79 Å². The molecule has 0 saturated heterocycles. The fourth-order valence-corrected chi connectivity index (χ4v) is 2.54. The Morgan fingerprint density at radius 3 is 2.57 bits per heavy atom. The molecule has 0 unspecified atom stereocenters. The minimum atomic E-state index is 0.0694. The van der Waals surface area contributed by atoms with E-state index in [1.165, 1.54) is 0 Å². The molecule has 1 heterocycles. The van der Waals surface area contributed by atoms with E-state index in [1.807, 2.05) is 43.1 Å². The van der Waals surface area contributed by atoms with E-state index in [1.54, 1.807) is 10.9 Å². The normalized spacial score (nSPS) is 14.2. The average molecular weight is 284 g/mol. The average Bonchev–Trinajstić information content (AvgIpc) is 3.22. The molecule has 110 valence electrons. The molecule has 1 fully saturated rings. The molecule has 1 aliphatic rings. The van der Waals surface area contributed by atoms with Gasteiger partial charge in [0.05, 0.1) is 11.3 Å². The Kier molecular flexibility index (Phi) is 3.41. The van der Waals surface area contributed by atoms with Gasteiger partial charge in [-0.25, -0.2) is 0 Å². The van der Waals surface area contributed by atoms with Gasteiger partial charge in [-0.1, -0.05) is 12.1 Å². The third-order valence-electron chi connectivity index (χ3n) is 3.83. The molecule has 0 aliphatic heterocycles. The molecule has 3 rings (SSSR count). The van der Waals surface area contributed by atoms with E-state index in [4.69, 9.17) is 5.73 Å². The fourth-order valence-electron chi connectivity index (χ4n) is 2.54. The molecule has 0 radical (unpaired) electrons. The van der Waals surface area contributed by atoms with Crippen molar-refractivity contribution in [3.8, 4) is 0 Å². The summed E-state index contributed by atoms with van der Waals surface area (Å²) < 4.78 is 1.69. The lowest BCUT2D eigenvalue weighted by Crippen LogP contribution is -2.32. The first kappa shape index (κ1) is 13.7. The van der Waals surface area contributed by atoms with Crippen LogP contribution >= 0.6 is 0 Å². The number of hydrogen-bond acceptors (Lipinski definition) is 3. The molecule has 1 aromatic heterocycles. The molecular weight excluding hydrogens is 264 g/mol. The van der Waals surface area contributed by atoms with Crippen LogP contribution in [0.5, 0.6) is 0 Å². The summed E-state index contributed by atoms with van der Waals surface area (Å²) in [6, 6.07) is 8.07. The second-order valence-electron chi connectivity index (χ2n) is 5.71. The Balaban J connectivity index is 1.83. The van der Waals surface area contributed by atoms with Gasteiger partial charge in [0.15, 0.2) is 0 Å². The number of nitrogen functional groups attached to an aromatic ring is 1. The Hall–Kier alpha value is -2.30. The van der Waals surface area contributed by atoms with Gasteiger partial charge in [-0.3, -0.25) is 9.48 Å². The fraction of sp³-hybridized carbons (Fsp3) is 0.375. The number of rotatable bonds is 4. The number of amides is 1. The second-order valence-corrected chi connectivity index (χ2v) is 5.71. The Morgan fingerprint density at radius 2 is 2.05 bits per heavy atom. The van der Waals surface area contributed by atoms with Gasteiger partial charge in [-0.15, -0.1) is 0 Å². The SMILES string of the molecule is Cc1nn(C)cc1C(=O)N(Cc1ccc(N)cc1)C1CC1. The van der Waals surface area contributed by atoms with Gasteiger partial charge in [-0.05, 0) is 37.5 Å². The van der Waals surface area contributed by atoms with Gasteiger partial charge in [-0.2, -0.15) is 5.10 Å². The van der Waals surface area contributed by atoms with Crippen molar-refractivity contribution < 1.29 is 4.79 Å². The number of hydrogen-bond donors (Lipinski definition) is 1. The number of carbonyl (C=O) groups is 1. The number of aromatic nitrogens is 2. The number of anilines is 1. The van der Waals surface area contributed by atoms with Crippen LogP contribution in [0.1, 0.15) is 34.5 Å². The predicted molar refractivity (Wildman–Crippen MR) is 81.7 cm³/mol. The topological polar surface area (TPSA) is 64.2 Å². The van der Waals surface area contributed by atoms with Crippen LogP contribution in [0.3, 0.4) is 0 Å². The van der Waals surface area contributed by atoms with Crippen LogP contribution in [0.4, 0.5) is 5.69 Å². The first-order valence-electron chi connectivity index (χ1n) is 7.20. The van der Waals surface area contributed by atoms with E-state index >= 15 is 0 Å². The Labute approximate surface area is 124 Å². The number of aryl methyl sites for hydroxylation is 2. The highest BCUT2D eigenvalue weighted by Crippen LogP contribution is 2.30. The van der Waals surface area contributed by atoms with Crippen LogP contribution in [-0.4, -0.2) is 26.6 Å². The maximum Gasteiger partial charge on any atom is 0.257 e. The summed E-state index contributed by atoms with van der Waals surface area (Å²) >= 11 is 0. The summed E-state index contributed by atoms with van der Waals surface area (Å²) in [5, 5.41) is 4.27. The second kappa shape index (κ2) is 5.24. The number of benzene rings is 1. The van der Waals surface area contributed by atoms with Crippen molar-refractivity contribution in [3.05, 3.63) is 47.3 Å². The lowest BCUT2D eigenvalue weighted by atomic mass is 10.1. The van der Waals surface area contributed by atoms with Crippen LogP contribution in [0.15, 0.2) is 30.5 Å². The van der Waals surface area contributed by atoms with Gasteiger partial charge in [0.1, 0.15) is 0 Å². The summed E-state index contributed by atoms with van der Waals surface area (Å²) in [6.45, 7) is 2.50. The smallest absolute Gasteiger partial charge is 0.257 e. The summed E-state index contributed by atoms with van der Waals surface area (Å²) in [5.74, 6) is 0.0694. The molecule has 5 nitrogen and oxygen atoms in total. The molecule has 1 amide bonds. The molecule has 2 aromatic rings. The van der Waals surface area contributed by atoms with Gasteiger partial charge in [0, 0.05) is 31.5 Å². The number of nitrogens with zero attached hydrogens (tertiary/aromatic N) is 3. The summed E-state index contributed by atoms with van der Waals surface area (Å²) in [6.07, 6.45) is 3.97. The van der Waals surface area contributed by atoms with Crippen molar-refractivity contribution in [1.82, 2.24) is 14.7 Å². The van der Waals surface area contributed by atoms with Crippen molar-refractivity contribution in [2.75, 3.05) is 5.73 Å². The summed E-state index contributed by atoms with van der Waals surface area (Å²) in [5.41, 5.74) is 9.03. The zero-order chi connectivity index (χ0) is 15.0. The highest BCUT2D eigenvalue weighted by molar-refractivity contribution is 5.95. The van der Waals surface area contributed by atoms with Gasteiger partial charge in [0.25, 0.3) is 5.91 Å². The van der Waals surface area contributed by atoms with Crippen molar-refractivity contribution in [2.45, 2.75) is 32.4 Å². The molecule has 2 N–H and O–H groups in total. The lowest BCUT2D eigenvalue weighted by molar-refractivity contribution is 0.0729. The van der Waals surface area contributed by atoms with Crippen LogP contribution < -0.4 is 5.73 Å². The van der Waals surface area contributed by atoms with Gasteiger partial charge >= 0.3 is 0 Å². The van der Waals surface area contributed by atoms with Crippen LogP contribution in [0.25, 0.3) is 0 Å². The molecule has 21 heavy (non-hydrogen) atoms. The zero-order valence-electron chi connectivity index (χ0n) is 12.4. The third kappa shape index (κ3) is 2.91. The van der Waals surface area contributed by atoms with E-state index < -0.39 is 0 Å². The molecule has 1 aliphatic carbocycles. The van der Waals surface area contributed by atoms with E-state index in [2.05, 4.69) is 5.10 Å². The Bertz CT molecular complexity index is 655. The monoisotopic (exact) mass is 284 g/mol. The van der Waals surface area contributed by atoms with Crippen LogP contribution in [-0.2, 0) is 13.6 Å². The van der Waals surface area contributed by atoms with Crippen molar-refractivity contribution in [2.24, 2.45) is 7.05 Å². The molecule has 1 saturated carbocycles.